The van der Waals surface area contributed by atoms with Gasteiger partial charge in [0.2, 0.25) is 0 Å². The van der Waals surface area contributed by atoms with Crippen LogP contribution in [0.5, 0.6) is 0 Å². The van der Waals surface area contributed by atoms with Crippen molar-refractivity contribution in [2.75, 3.05) is 0 Å². The Morgan fingerprint density at radius 1 is 1.62 bits per heavy atom. The monoisotopic (exact) mass is 178 g/mol. The van der Waals surface area contributed by atoms with Gasteiger partial charge in [-0.3, -0.25) is 10.1 Å². The first-order valence-corrected chi connectivity index (χ1v) is 3.60. The second-order valence-electron chi connectivity index (χ2n) is 2.53. The molecule has 3 nitrogen and oxygen atoms in total. The molecule has 66 valence electrons. The van der Waals surface area contributed by atoms with Crippen molar-refractivity contribution in [3.8, 4) is 6.19 Å². The van der Waals surface area contributed by atoms with E-state index in [1.165, 1.54) is 24.4 Å². The van der Waals surface area contributed by atoms with Gasteiger partial charge in [0.1, 0.15) is 5.82 Å². The van der Waals surface area contributed by atoms with Crippen LogP contribution in [0.25, 0.3) is 0 Å². The number of aryl methyl sites for hydroxylation is 1. The minimum absolute atomic E-state index is 0.278. The second-order valence-corrected chi connectivity index (χ2v) is 2.53. The zero-order chi connectivity index (χ0) is 9.84. The predicted molar refractivity (Wildman–Crippen MR) is 44.2 cm³/mol. The van der Waals surface area contributed by atoms with Gasteiger partial charge in [-0.2, -0.15) is 5.26 Å². The number of halogens is 1. The molecule has 0 saturated heterocycles. The van der Waals surface area contributed by atoms with Crippen LogP contribution in [0, 0.1) is 24.2 Å². The molecule has 0 aliphatic rings. The summed E-state index contributed by atoms with van der Waals surface area (Å²) in [6, 6.07) is 3.92. The summed E-state index contributed by atoms with van der Waals surface area (Å²) < 4.78 is 12.8. The smallest absolute Gasteiger partial charge is 0.264 e. The average Bonchev–Trinajstić information content (AvgIpc) is 2.10. The van der Waals surface area contributed by atoms with E-state index in [0.717, 1.165) is 0 Å². The summed E-state index contributed by atoms with van der Waals surface area (Å²) in [7, 11) is 0. The highest BCUT2D eigenvalue weighted by molar-refractivity contribution is 5.95. The highest BCUT2D eigenvalue weighted by atomic mass is 19.1. The van der Waals surface area contributed by atoms with Crippen molar-refractivity contribution in [2.45, 2.75) is 6.92 Å². The van der Waals surface area contributed by atoms with E-state index in [2.05, 4.69) is 0 Å². The fraction of sp³-hybridized carbons (Fsp3) is 0.111. The summed E-state index contributed by atoms with van der Waals surface area (Å²) >= 11 is 0. The van der Waals surface area contributed by atoms with Crippen molar-refractivity contribution in [2.24, 2.45) is 0 Å². The van der Waals surface area contributed by atoms with E-state index in [4.69, 9.17) is 5.26 Å². The Bertz CT molecular complexity index is 382. The van der Waals surface area contributed by atoms with Gasteiger partial charge in [-0.05, 0) is 30.7 Å². The Balaban J connectivity index is 2.98. The van der Waals surface area contributed by atoms with Crippen molar-refractivity contribution >= 4 is 5.91 Å². The zero-order valence-electron chi connectivity index (χ0n) is 6.97. The van der Waals surface area contributed by atoms with Gasteiger partial charge < -0.3 is 0 Å². The molecule has 0 fully saturated rings. The minimum atomic E-state index is -0.523. The van der Waals surface area contributed by atoms with Gasteiger partial charge in [0.05, 0.1) is 0 Å². The number of carbonyl (C=O) groups is 1. The number of hydrogen-bond donors (Lipinski definition) is 1. The maximum atomic E-state index is 12.8. The lowest BCUT2D eigenvalue weighted by Gasteiger charge is -1.99. The third kappa shape index (κ3) is 2.03. The SMILES string of the molecule is Cc1cc(C(=O)NC#N)ccc1F. The van der Waals surface area contributed by atoms with Crippen molar-refractivity contribution in [1.82, 2.24) is 5.32 Å². The molecule has 1 aromatic rings. The molecule has 0 aliphatic heterocycles. The van der Waals surface area contributed by atoms with Crippen LogP contribution < -0.4 is 5.32 Å². The topological polar surface area (TPSA) is 52.9 Å². The van der Waals surface area contributed by atoms with Gasteiger partial charge in [0.15, 0.2) is 6.19 Å². The largest absolute Gasteiger partial charge is 0.268 e. The van der Waals surface area contributed by atoms with Crippen LogP contribution in [-0.2, 0) is 0 Å². The quantitative estimate of drug-likeness (QED) is 0.521. The van der Waals surface area contributed by atoms with E-state index in [1.54, 1.807) is 6.92 Å². The average molecular weight is 178 g/mol. The number of carbonyl (C=O) groups excluding carboxylic acids is 1. The highest BCUT2D eigenvalue weighted by Gasteiger charge is 2.06. The summed E-state index contributed by atoms with van der Waals surface area (Å²) in [6.07, 6.45) is 1.51. The minimum Gasteiger partial charge on any atom is -0.268 e. The maximum absolute atomic E-state index is 12.8. The standard InChI is InChI=1S/C9H7FN2O/c1-6-4-7(2-3-8(6)10)9(13)12-5-11/h2-4H,1H3,(H,12,13). The molecule has 1 amide bonds. The van der Waals surface area contributed by atoms with Crippen molar-refractivity contribution < 1.29 is 9.18 Å². The molecule has 13 heavy (non-hydrogen) atoms. The van der Waals surface area contributed by atoms with Crippen LogP contribution in [0.2, 0.25) is 0 Å². The highest BCUT2D eigenvalue weighted by Crippen LogP contribution is 2.08. The van der Waals surface area contributed by atoms with Crippen molar-refractivity contribution in [3.63, 3.8) is 0 Å². The van der Waals surface area contributed by atoms with Crippen LogP contribution >= 0.6 is 0 Å². The van der Waals surface area contributed by atoms with Crippen molar-refractivity contribution in [3.05, 3.63) is 35.1 Å². The van der Waals surface area contributed by atoms with Gasteiger partial charge >= 0.3 is 0 Å². The van der Waals surface area contributed by atoms with Crippen LogP contribution in [0.1, 0.15) is 15.9 Å². The second kappa shape index (κ2) is 3.68. The van der Waals surface area contributed by atoms with E-state index in [-0.39, 0.29) is 11.4 Å². The number of nitrogens with one attached hydrogen (secondary N) is 1. The maximum Gasteiger partial charge on any atom is 0.264 e. The molecule has 4 heteroatoms. The van der Waals surface area contributed by atoms with E-state index in [9.17, 15) is 9.18 Å². The molecule has 0 aliphatic carbocycles. The molecule has 0 radical (unpaired) electrons. The lowest BCUT2D eigenvalue weighted by molar-refractivity contribution is 0.0972. The third-order valence-corrected chi connectivity index (χ3v) is 1.59. The molecular formula is C9H7FN2O. The number of amides is 1. The lowest BCUT2D eigenvalue weighted by Crippen LogP contribution is -2.17. The lowest BCUT2D eigenvalue weighted by atomic mass is 10.1. The van der Waals surface area contributed by atoms with Crippen molar-refractivity contribution in [1.29, 1.82) is 5.26 Å². The van der Waals surface area contributed by atoms with E-state index >= 15 is 0 Å². The molecule has 1 N–H and O–H groups in total. The Morgan fingerprint density at radius 2 is 2.31 bits per heavy atom. The first-order chi connectivity index (χ1) is 6.15. The third-order valence-electron chi connectivity index (χ3n) is 1.59. The molecule has 0 bridgehead atoms. The van der Waals surface area contributed by atoms with Crippen LogP contribution in [-0.4, -0.2) is 5.91 Å². The van der Waals surface area contributed by atoms with Crippen LogP contribution in [0.15, 0.2) is 18.2 Å². The van der Waals surface area contributed by atoms with E-state index in [1.807, 2.05) is 5.32 Å². The van der Waals surface area contributed by atoms with Gasteiger partial charge in [0.25, 0.3) is 5.91 Å². The van der Waals surface area contributed by atoms with Gasteiger partial charge in [-0.1, -0.05) is 0 Å². The zero-order valence-corrected chi connectivity index (χ0v) is 6.97. The number of nitriles is 1. The fourth-order valence-electron chi connectivity index (χ4n) is 0.909. The molecule has 0 aromatic heterocycles. The molecule has 0 spiro atoms. The number of rotatable bonds is 1. The molecule has 1 aromatic carbocycles. The molecular weight excluding hydrogens is 171 g/mol. The first-order valence-electron chi connectivity index (χ1n) is 3.60. The summed E-state index contributed by atoms with van der Waals surface area (Å²) in [5.41, 5.74) is 0.658. The number of hydrogen-bond acceptors (Lipinski definition) is 2. The Kier molecular flexibility index (Phi) is 2.60. The van der Waals surface area contributed by atoms with Gasteiger partial charge in [0, 0.05) is 5.56 Å². The normalized spacial score (nSPS) is 9.00. The summed E-state index contributed by atoms with van der Waals surface area (Å²) in [5.74, 6) is -0.890. The predicted octanol–water partition coefficient (Wildman–Crippen LogP) is 1.34. The van der Waals surface area contributed by atoms with E-state index < -0.39 is 5.91 Å². The van der Waals surface area contributed by atoms with E-state index in [0.29, 0.717) is 5.56 Å². The molecule has 0 heterocycles. The number of benzene rings is 1. The molecule has 0 unspecified atom stereocenters. The summed E-state index contributed by atoms with van der Waals surface area (Å²) in [6.45, 7) is 1.55. The summed E-state index contributed by atoms with van der Waals surface area (Å²) in [5, 5.41) is 10.1. The fourth-order valence-corrected chi connectivity index (χ4v) is 0.909. The van der Waals surface area contributed by atoms with Gasteiger partial charge in [-0.25, -0.2) is 4.39 Å². The molecule has 0 atom stereocenters. The molecule has 0 saturated carbocycles. The van der Waals surface area contributed by atoms with Gasteiger partial charge in [-0.15, -0.1) is 0 Å². The first kappa shape index (κ1) is 9.20. The summed E-state index contributed by atoms with van der Waals surface area (Å²) in [4.78, 5) is 11.1. The van der Waals surface area contributed by atoms with Crippen LogP contribution in [0.3, 0.4) is 0 Å². The Hall–Kier alpha value is -1.89. The Labute approximate surface area is 74.8 Å². The molecule has 1 rings (SSSR count). The number of nitrogens with zero attached hydrogens (tertiary/aromatic N) is 1. The van der Waals surface area contributed by atoms with Crippen LogP contribution in [0.4, 0.5) is 4.39 Å². The Morgan fingerprint density at radius 3 is 2.85 bits per heavy atom.